The summed E-state index contributed by atoms with van der Waals surface area (Å²) in [7, 11) is 0. The Morgan fingerprint density at radius 2 is 1.50 bits per heavy atom. The van der Waals surface area contributed by atoms with Crippen molar-refractivity contribution in [1.29, 1.82) is 0 Å². The summed E-state index contributed by atoms with van der Waals surface area (Å²) in [5, 5.41) is 19.2. The number of fused-ring (bicyclic) bond motifs is 5. The van der Waals surface area contributed by atoms with Crippen LogP contribution in [-0.2, 0) is 0 Å². The number of rotatable bonds is 0. The van der Waals surface area contributed by atoms with E-state index in [0.717, 1.165) is 31.1 Å². The molecule has 0 amide bonds. The van der Waals surface area contributed by atoms with Crippen LogP contribution in [0.5, 0.6) is 0 Å². The number of hydrogen-bond acceptors (Lipinski definition) is 2. The van der Waals surface area contributed by atoms with E-state index in [9.17, 15) is 10.2 Å². The van der Waals surface area contributed by atoms with Gasteiger partial charge in [-0.1, -0.05) is 0 Å². The minimum atomic E-state index is -0.0596. The second-order valence-electron chi connectivity index (χ2n) is 4.92. The molecule has 0 saturated heterocycles. The smallest absolute Gasteiger partial charge is 0.0574 e. The third-order valence-electron chi connectivity index (χ3n) is 4.41. The lowest BCUT2D eigenvalue weighted by Crippen LogP contribution is -2.27. The molecule has 2 bridgehead atoms. The molecule has 3 aliphatic rings. The molecule has 0 aliphatic heterocycles. The first-order valence-corrected chi connectivity index (χ1v) is 5.12. The molecular weight excluding hydrogens is 152 g/mol. The maximum atomic E-state index is 9.67. The van der Waals surface area contributed by atoms with E-state index in [4.69, 9.17) is 0 Å². The Kier molecular flexibility index (Phi) is 1.37. The molecule has 0 unspecified atom stereocenters. The minimum Gasteiger partial charge on any atom is -0.393 e. The van der Waals surface area contributed by atoms with Gasteiger partial charge in [0.1, 0.15) is 0 Å². The fourth-order valence-corrected chi connectivity index (χ4v) is 4.01. The molecule has 3 fully saturated rings. The predicted octanol–water partition coefficient (Wildman–Crippen LogP) is 0.774. The lowest BCUT2D eigenvalue weighted by Gasteiger charge is -2.27. The van der Waals surface area contributed by atoms with Crippen LogP contribution in [0.4, 0.5) is 0 Å². The van der Waals surface area contributed by atoms with Gasteiger partial charge in [-0.25, -0.2) is 0 Å². The summed E-state index contributed by atoms with van der Waals surface area (Å²) < 4.78 is 0. The van der Waals surface area contributed by atoms with Crippen molar-refractivity contribution in [2.45, 2.75) is 37.9 Å². The average molecular weight is 168 g/mol. The first-order chi connectivity index (χ1) is 5.75. The molecule has 2 heteroatoms. The Morgan fingerprint density at radius 3 is 2.33 bits per heavy atom. The molecule has 0 heterocycles. The average Bonchev–Trinajstić information content (AvgIpc) is 2.57. The summed E-state index contributed by atoms with van der Waals surface area (Å²) in [4.78, 5) is 0. The second kappa shape index (κ2) is 2.24. The van der Waals surface area contributed by atoms with E-state index in [1.807, 2.05) is 0 Å². The summed E-state index contributed by atoms with van der Waals surface area (Å²) in [6.45, 7) is 0. The highest BCUT2D eigenvalue weighted by Gasteiger charge is 2.55. The summed E-state index contributed by atoms with van der Waals surface area (Å²) in [5.74, 6) is 2.70. The molecule has 0 aromatic carbocycles. The molecule has 2 N–H and O–H groups in total. The highest BCUT2D eigenvalue weighted by molar-refractivity contribution is 5.04. The molecule has 0 aromatic heterocycles. The Morgan fingerprint density at radius 1 is 0.750 bits per heavy atom. The first kappa shape index (κ1) is 7.34. The fourth-order valence-electron chi connectivity index (χ4n) is 4.01. The van der Waals surface area contributed by atoms with Crippen LogP contribution in [0.2, 0.25) is 0 Å². The molecule has 3 aliphatic carbocycles. The Bertz CT molecular complexity index is 200. The maximum Gasteiger partial charge on any atom is 0.0574 e. The molecule has 0 radical (unpaired) electrons. The van der Waals surface area contributed by atoms with E-state index in [2.05, 4.69) is 0 Å². The van der Waals surface area contributed by atoms with E-state index in [-0.39, 0.29) is 12.2 Å². The fraction of sp³-hybridized carbons (Fsp3) is 1.00. The minimum absolute atomic E-state index is 0.0402. The molecule has 2 nitrogen and oxygen atoms in total. The first-order valence-electron chi connectivity index (χ1n) is 5.12. The van der Waals surface area contributed by atoms with Gasteiger partial charge in [0.05, 0.1) is 12.2 Å². The van der Waals surface area contributed by atoms with Gasteiger partial charge in [0.25, 0.3) is 0 Å². The van der Waals surface area contributed by atoms with Crippen LogP contribution in [-0.4, -0.2) is 22.4 Å². The lowest BCUT2D eigenvalue weighted by atomic mass is 9.80. The molecule has 3 saturated carbocycles. The van der Waals surface area contributed by atoms with Crippen LogP contribution in [0.15, 0.2) is 0 Å². The maximum absolute atomic E-state index is 9.67. The van der Waals surface area contributed by atoms with Crippen LogP contribution >= 0.6 is 0 Å². The third kappa shape index (κ3) is 0.775. The van der Waals surface area contributed by atoms with Crippen molar-refractivity contribution in [3.8, 4) is 0 Å². The van der Waals surface area contributed by atoms with Crippen LogP contribution in [0.3, 0.4) is 0 Å². The van der Waals surface area contributed by atoms with Crippen LogP contribution in [0.25, 0.3) is 0 Å². The molecule has 6 atom stereocenters. The molecule has 0 aromatic rings. The van der Waals surface area contributed by atoms with Crippen LogP contribution < -0.4 is 0 Å². The van der Waals surface area contributed by atoms with Gasteiger partial charge < -0.3 is 10.2 Å². The predicted molar refractivity (Wildman–Crippen MR) is 44.4 cm³/mol. The van der Waals surface area contributed by atoms with Gasteiger partial charge in [-0.15, -0.1) is 0 Å². The molecule has 12 heavy (non-hydrogen) atoms. The number of aliphatic hydroxyl groups excluding tert-OH is 2. The van der Waals surface area contributed by atoms with Crippen molar-refractivity contribution in [2.75, 3.05) is 0 Å². The van der Waals surface area contributed by atoms with Gasteiger partial charge in [0.2, 0.25) is 0 Å². The third-order valence-corrected chi connectivity index (χ3v) is 4.41. The van der Waals surface area contributed by atoms with E-state index in [1.54, 1.807) is 0 Å². The van der Waals surface area contributed by atoms with Crippen molar-refractivity contribution < 1.29 is 10.2 Å². The summed E-state index contributed by atoms with van der Waals surface area (Å²) in [5.41, 5.74) is 0. The molecular formula is C10H16O2. The van der Waals surface area contributed by atoms with Crippen LogP contribution in [0, 0.1) is 23.7 Å². The Hall–Kier alpha value is -0.0800. The van der Waals surface area contributed by atoms with Crippen LogP contribution in [0.1, 0.15) is 25.7 Å². The normalized spacial score (nSPS) is 62.5. The van der Waals surface area contributed by atoms with Crippen molar-refractivity contribution in [1.82, 2.24) is 0 Å². The monoisotopic (exact) mass is 168 g/mol. The summed E-state index contributed by atoms with van der Waals surface area (Å²) in [6, 6.07) is 0. The van der Waals surface area contributed by atoms with Gasteiger partial charge in [0.15, 0.2) is 0 Å². The zero-order chi connectivity index (χ0) is 8.29. The zero-order valence-electron chi connectivity index (χ0n) is 7.19. The van der Waals surface area contributed by atoms with E-state index in [1.165, 1.54) is 6.42 Å². The SMILES string of the molecule is O[C@H]1C[C@@H]2[C@H](C1)[C@@H]1C[C@@H]2[C@H](O)C1. The lowest BCUT2D eigenvalue weighted by molar-refractivity contribution is 0.0633. The van der Waals surface area contributed by atoms with Crippen molar-refractivity contribution in [3.63, 3.8) is 0 Å². The van der Waals surface area contributed by atoms with Crippen molar-refractivity contribution in [2.24, 2.45) is 23.7 Å². The molecule has 3 rings (SSSR count). The van der Waals surface area contributed by atoms with Gasteiger partial charge in [0, 0.05) is 0 Å². The summed E-state index contributed by atoms with van der Waals surface area (Å²) in [6.07, 6.45) is 4.13. The molecule has 68 valence electrons. The number of aliphatic hydroxyl groups is 2. The van der Waals surface area contributed by atoms with Gasteiger partial charge in [-0.2, -0.15) is 0 Å². The zero-order valence-corrected chi connectivity index (χ0v) is 7.19. The summed E-state index contributed by atoms with van der Waals surface area (Å²) >= 11 is 0. The van der Waals surface area contributed by atoms with Gasteiger partial charge in [-0.05, 0) is 49.4 Å². The largest absolute Gasteiger partial charge is 0.393 e. The quantitative estimate of drug-likeness (QED) is 0.561. The topological polar surface area (TPSA) is 40.5 Å². The van der Waals surface area contributed by atoms with E-state index in [0.29, 0.717) is 11.8 Å². The second-order valence-corrected chi connectivity index (χ2v) is 4.92. The van der Waals surface area contributed by atoms with E-state index >= 15 is 0 Å². The highest BCUT2D eigenvalue weighted by atomic mass is 16.3. The van der Waals surface area contributed by atoms with E-state index < -0.39 is 0 Å². The van der Waals surface area contributed by atoms with Crippen molar-refractivity contribution in [3.05, 3.63) is 0 Å². The van der Waals surface area contributed by atoms with Gasteiger partial charge >= 0.3 is 0 Å². The Balaban J connectivity index is 1.86. The number of hydrogen-bond donors (Lipinski definition) is 2. The highest BCUT2D eigenvalue weighted by Crippen LogP contribution is 2.58. The molecule has 0 spiro atoms. The Labute approximate surface area is 72.6 Å². The standard InChI is InChI=1S/C10H16O2/c11-6-3-7-5-1-9(8(7)4-6)10(12)2-5/h5-12H,1-4H2/t5-,6-,7-,8-,9+,10-/m1/s1. The van der Waals surface area contributed by atoms with Crippen molar-refractivity contribution >= 4 is 0 Å². The van der Waals surface area contributed by atoms with Gasteiger partial charge in [-0.3, -0.25) is 0 Å².